The first kappa shape index (κ1) is 65.0. The van der Waals surface area contributed by atoms with Crippen molar-refractivity contribution in [3.05, 3.63) is 12.2 Å². The molecule has 0 aromatic heterocycles. The predicted octanol–water partition coefficient (Wildman–Crippen LogP) is -3.89. The Morgan fingerprint density at radius 1 is 0.527 bits per heavy atom. The number of ether oxygens (including phenoxy) is 7. The Balaban J connectivity index is 1.37. The average molecular weight is 1100 g/mol. The molecule has 74 heavy (non-hydrogen) atoms. The van der Waals surface area contributed by atoms with E-state index in [4.69, 9.17) is 42.2 Å². The number of carbonyl (C=O) groups excluding carboxylic acids is 1. The van der Waals surface area contributed by atoms with Crippen LogP contribution in [0.1, 0.15) is 103 Å². The topological polar surface area (TPSA) is 441 Å². The third kappa shape index (κ3) is 19.1. The predicted molar refractivity (Wildman–Crippen MR) is 250 cm³/mol. The van der Waals surface area contributed by atoms with Gasteiger partial charge < -0.3 is 115 Å². The zero-order chi connectivity index (χ0) is 54.7. The third-order valence-electron chi connectivity index (χ3n) is 13.4. The van der Waals surface area contributed by atoms with Crippen LogP contribution in [0.3, 0.4) is 0 Å². The van der Waals surface area contributed by atoms with E-state index in [1.807, 2.05) is 0 Å². The molecule has 23 atom stereocenters. The molecule has 0 radical (unpaired) electrons. The highest BCUT2D eigenvalue weighted by molar-refractivity contribution is 7.47. The van der Waals surface area contributed by atoms with Gasteiger partial charge in [-0.05, 0) is 32.1 Å². The Labute approximate surface area is 429 Å². The van der Waals surface area contributed by atoms with Crippen LogP contribution >= 0.6 is 7.82 Å². The lowest BCUT2D eigenvalue weighted by molar-refractivity contribution is -0.364. The van der Waals surface area contributed by atoms with Gasteiger partial charge in [0.2, 0.25) is 0 Å². The highest BCUT2D eigenvalue weighted by atomic mass is 31.2. The van der Waals surface area contributed by atoms with Crippen LogP contribution in [0.5, 0.6) is 0 Å². The molecule has 1 saturated carbocycles. The van der Waals surface area contributed by atoms with Crippen molar-refractivity contribution in [1.82, 2.24) is 0 Å². The quantitative estimate of drug-likeness (QED) is 0.0133. The van der Waals surface area contributed by atoms with Crippen LogP contribution in [0.4, 0.5) is 0 Å². The van der Waals surface area contributed by atoms with Gasteiger partial charge in [0.1, 0.15) is 123 Å². The largest absolute Gasteiger partial charge is 0.472 e. The van der Waals surface area contributed by atoms with E-state index in [0.29, 0.717) is 6.42 Å². The minimum absolute atomic E-state index is 0.0321. The number of esters is 1. The molecule has 10 unspecified atom stereocenters. The number of phosphoric acid groups is 1. The van der Waals surface area contributed by atoms with Crippen LogP contribution < -0.4 is 0 Å². The minimum atomic E-state index is -5.63. The van der Waals surface area contributed by atoms with Crippen molar-refractivity contribution in [3.63, 3.8) is 0 Å². The molecule has 434 valence electrons. The second-order valence-electron chi connectivity index (χ2n) is 19.3. The summed E-state index contributed by atoms with van der Waals surface area (Å²) in [6.07, 6.45) is -25.6. The van der Waals surface area contributed by atoms with Gasteiger partial charge in [0.25, 0.3) is 0 Å². The van der Waals surface area contributed by atoms with Crippen LogP contribution in [0.2, 0.25) is 0 Å². The normalized spacial score (nSPS) is 39.2. The lowest BCUT2D eigenvalue weighted by Gasteiger charge is -2.49. The van der Waals surface area contributed by atoms with Gasteiger partial charge in [-0.2, -0.15) is 0 Å². The van der Waals surface area contributed by atoms with E-state index in [9.17, 15) is 90.9 Å². The SMILES string of the molecule is CCCCCCCCC/C=C\CCCCCCCC(=O)OC[C@@H](O)COP(=O)(O)O[C@@H]1C(O[C@@H]2OC(CO[C@@H]3OC(CO)[C@H](O)C(O)[C@@H]3O)[C@H](O)C(O)[C@@H]2O)C(O)[C@@H](O)C(O)[C@H]1O[C@H]1OC(CO)[C@@H](O)C(O)[C@H]1O. The number of carbonyl (C=O) groups is 1. The van der Waals surface area contributed by atoms with Gasteiger partial charge in [0.15, 0.2) is 18.9 Å². The number of hydrogen-bond acceptors (Lipinski definition) is 26. The Morgan fingerprint density at radius 2 is 0.946 bits per heavy atom. The fourth-order valence-corrected chi connectivity index (χ4v) is 9.81. The van der Waals surface area contributed by atoms with Gasteiger partial charge in [-0.25, -0.2) is 4.57 Å². The summed E-state index contributed by atoms with van der Waals surface area (Å²) in [5.74, 6) is -0.662. The Kier molecular flexibility index (Phi) is 28.6. The summed E-state index contributed by atoms with van der Waals surface area (Å²) >= 11 is 0. The molecule has 3 heterocycles. The third-order valence-corrected chi connectivity index (χ3v) is 14.4. The van der Waals surface area contributed by atoms with Crippen molar-refractivity contribution in [3.8, 4) is 0 Å². The molecule has 28 heteroatoms. The van der Waals surface area contributed by atoms with E-state index in [1.54, 1.807) is 0 Å². The molecular formula is C46H83O27P. The zero-order valence-corrected chi connectivity index (χ0v) is 42.5. The van der Waals surface area contributed by atoms with Gasteiger partial charge >= 0.3 is 13.8 Å². The van der Waals surface area contributed by atoms with E-state index < -0.39 is 182 Å². The lowest BCUT2D eigenvalue weighted by atomic mass is 9.84. The summed E-state index contributed by atoms with van der Waals surface area (Å²) in [5.41, 5.74) is 0. The van der Waals surface area contributed by atoms with Crippen LogP contribution in [-0.2, 0) is 51.6 Å². The molecule has 3 saturated heterocycles. The summed E-state index contributed by atoms with van der Waals surface area (Å²) < 4.78 is 62.0. The first-order valence-corrected chi connectivity index (χ1v) is 27.1. The minimum Gasteiger partial charge on any atom is -0.463 e. The second kappa shape index (κ2) is 32.5. The Morgan fingerprint density at radius 3 is 1.45 bits per heavy atom. The highest BCUT2D eigenvalue weighted by Crippen LogP contribution is 2.48. The molecule has 0 spiro atoms. The summed E-state index contributed by atoms with van der Waals surface area (Å²) in [4.78, 5) is 23.4. The maximum atomic E-state index is 13.6. The Bertz CT molecular complexity index is 1650. The molecular weight excluding hydrogens is 1020 g/mol. The number of hydrogen-bond donors (Lipinski definition) is 16. The summed E-state index contributed by atoms with van der Waals surface area (Å²) in [7, 11) is -5.63. The van der Waals surface area contributed by atoms with Crippen LogP contribution in [-0.4, -0.2) is 255 Å². The van der Waals surface area contributed by atoms with Crippen molar-refractivity contribution >= 4 is 13.8 Å². The van der Waals surface area contributed by atoms with E-state index >= 15 is 0 Å². The number of rotatable bonds is 32. The molecule has 3 aliphatic heterocycles. The molecule has 0 aromatic carbocycles. The zero-order valence-electron chi connectivity index (χ0n) is 41.6. The molecule has 0 bridgehead atoms. The van der Waals surface area contributed by atoms with Crippen LogP contribution in [0, 0.1) is 0 Å². The molecule has 4 rings (SSSR count). The van der Waals surface area contributed by atoms with Gasteiger partial charge in [-0.3, -0.25) is 13.8 Å². The molecule has 27 nitrogen and oxygen atoms in total. The average Bonchev–Trinajstić information content (AvgIpc) is 3.38. The molecule has 16 N–H and O–H groups in total. The van der Waals surface area contributed by atoms with Crippen molar-refractivity contribution in [2.75, 3.05) is 33.0 Å². The molecule has 0 aromatic rings. The fraction of sp³-hybridized carbons (Fsp3) is 0.935. The number of aliphatic hydroxyl groups is 15. The number of unbranched alkanes of at least 4 members (excludes halogenated alkanes) is 12. The molecule has 4 aliphatic rings. The second-order valence-corrected chi connectivity index (χ2v) is 20.7. The van der Waals surface area contributed by atoms with Crippen molar-refractivity contribution in [2.45, 2.75) is 238 Å². The van der Waals surface area contributed by atoms with Crippen LogP contribution in [0.15, 0.2) is 12.2 Å². The van der Waals surface area contributed by atoms with Gasteiger partial charge in [0, 0.05) is 6.42 Å². The maximum Gasteiger partial charge on any atom is 0.472 e. The van der Waals surface area contributed by atoms with E-state index in [-0.39, 0.29) is 6.42 Å². The van der Waals surface area contributed by atoms with Gasteiger partial charge in [0.05, 0.1) is 26.4 Å². The molecule has 0 amide bonds. The fourth-order valence-electron chi connectivity index (χ4n) is 8.84. The molecule has 4 fully saturated rings. The number of aliphatic hydroxyl groups excluding tert-OH is 15. The van der Waals surface area contributed by atoms with E-state index in [2.05, 4.69) is 19.1 Å². The van der Waals surface area contributed by atoms with E-state index in [1.165, 1.54) is 44.9 Å². The van der Waals surface area contributed by atoms with Crippen molar-refractivity contribution in [1.29, 1.82) is 0 Å². The van der Waals surface area contributed by atoms with Crippen molar-refractivity contribution in [2.24, 2.45) is 0 Å². The smallest absolute Gasteiger partial charge is 0.463 e. The van der Waals surface area contributed by atoms with Crippen molar-refractivity contribution < 1.29 is 133 Å². The number of allylic oxidation sites excluding steroid dienone is 2. The monoisotopic (exact) mass is 1100 g/mol. The van der Waals surface area contributed by atoms with Crippen LogP contribution in [0.25, 0.3) is 0 Å². The first-order chi connectivity index (χ1) is 35.2. The van der Waals surface area contributed by atoms with Gasteiger partial charge in [-0.1, -0.05) is 76.9 Å². The molecule has 1 aliphatic carbocycles. The maximum absolute atomic E-state index is 13.6. The van der Waals surface area contributed by atoms with E-state index in [0.717, 1.165) is 38.5 Å². The number of phosphoric ester groups is 1. The van der Waals surface area contributed by atoms with Gasteiger partial charge in [-0.15, -0.1) is 0 Å². The highest BCUT2D eigenvalue weighted by Gasteiger charge is 2.58. The first-order valence-electron chi connectivity index (χ1n) is 25.6. The Hall–Kier alpha value is -1.52. The lowest BCUT2D eigenvalue weighted by Crippen LogP contribution is -2.69. The summed E-state index contributed by atoms with van der Waals surface area (Å²) in [5, 5.41) is 158. The standard InChI is InChI=1S/C46H83O27P/c1-2-3-4-5-6-7-8-9-10-11-12-13-14-15-16-17-18-28(50)65-21-24(49)22-67-74(63,64)73-43-41(71-45-39(61)33(55)30(52)26(20-48)69-45)36(58)35(57)37(59)42(43)72-46-40(62)34(56)31(53)27(70-46)23-66-44-38(60)32(54)29(51)25(19-47)68-44/h10-11,24-27,29-49,51-62H,2-9,12-23H2,1H3,(H,63,64)/b11-10-/t24-,25?,26?,27?,29+,30-,31+,32?,33?,34?,35+,36?,37?,38+,39-,40+,41-,42?,43+,44-,45-,46+/m1/s1. The summed E-state index contributed by atoms with van der Waals surface area (Å²) in [6.45, 7) is -2.20. The summed E-state index contributed by atoms with van der Waals surface area (Å²) in [6, 6.07) is 0.